The van der Waals surface area contributed by atoms with Crippen LogP contribution in [0.5, 0.6) is 0 Å². The van der Waals surface area contributed by atoms with Crippen molar-refractivity contribution in [3.8, 4) is 0 Å². The molecule has 1 aromatic heterocycles. The van der Waals surface area contributed by atoms with E-state index in [9.17, 15) is 0 Å². The molecule has 0 saturated carbocycles. The van der Waals surface area contributed by atoms with Gasteiger partial charge >= 0.3 is 0 Å². The summed E-state index contributed by atoms with van der Waals surface area (Å²) in [4.78, 5) is 1.40. The Bertz CT molecular complexity index is 403. The van der Waals surface area contributed by atoms with Crippen LogP contribution in [-0.2, 0) is 4.74 Å². The summed E-state index contributed by atoms with van der Waals surface area (Å²) in [6, 6.07) is 5.33. The van der Waals surface area contributed by atoms with Gasteiger partial charge in [0.05, 0.1) is 9.39 Å². The number of halogens is 1. The molecule has 1 fully saturated rings. The van der Waals surface area contributed by atoms with Gasteiger partial charge in [0.15, 0.2) is 0 Å². The Balaban J connectivity index is 1.95. The lowest BCUT2D eigenvalue weighted by Crippen LogP contribution is -2.46. The summed E-state index contributed by atoms with van der Waals surface area (Å²) in [5.41, 5.74) is 0.103. The number of ether oxygens (including phenoxy) is 1. The zero-order chi connectivity index (χ0) is 13.9. The molecule has 19 heavy (non-hydrogen) atoms. The second-order valence-electron chi connectivity index (χ2n) is 5.46. The molecule has 4 heteroatoms. The molecular weight excluding hydrogens is 322 g/mol. The number of hydrogen-bond donors (Lipinski definition) is 1. The minimum Gasteiger partial charge on any atom is -0.375 e. The van der Waals surface area contributed by atoms with Crippen molar-refractivity contribution in [1.29, 1.82) is 0 Å². The van der Waals surface area contributed by atoms with Crippen LogP contribution in [0, 0.1) is 0 Å². The lowest BCUT2D eigenvalue weighted by Gasteiger charge is -2.41. The fraction of sp³-hybridized carbons (Fsp3) is 0.733. The molecule has 0 aromatic carbocycles. The molecule has 0 spiro atoms. The highest BCUT2D eigenvalue weighted by atomic mass is 79.9. The standard InChI is InChI=1S/C15H24BrNOS/c1-4-15(5-2)10-12(8-9-18-15)17-11(3)13-6-7-14(16)19-13/h6-7,11-12,17H,4-5,8-10H2,1-3H3. The van der Waals surface area contributed by atoms with Crippen LogP contribution in [-0.4, -0.2) is 18.2 Å². The van der Waals surface area contributed by atoms with E-state index in [0.717, 1.165) is 32.3 Å². The van der Waals surface area contributed by atoms with E-state index in [-0.39, 0.29) is 5.60 Å². The highest BCUT2D eigenvalue weighted by Gasteiger charge is 2.34. The SMILES string of the molecule is CCC1(CC)CC(NC(C)c2ccc(Br)s2)CCO1. The Hall–Kier alpha value is 0.1000. The Morgan fingerprint density at radius 1 is 1.47 bits per heavy atom. The first-order chi connectivity index (χ1) is 9.08. The van der Waals surface area contributed by atoms with Gasteiger partial charge in [-0.05, 0) is 60.7 Å². The fourth-order valence-electron chi connectivity index (χ4n) is 2.91. The zero-order valence-corrected chi connectivity index (χ0v) is 14.4. The molecule has 1 N–H and O–H groups in total. The van der Waals surface area contributed by atoms with Crippen LogP contribution in [0.15, 0.2) is 15.9 Å². The fourth-order valence-corrected chi connectivity index (χ4v) is 4.34. The van der Waals surface area contributed by atoms with E-state index in [1.54, 1.807) is 0 Å². The molecule has 2 atom stereocenters. The van der Waals surface area contributed by atoms with Crippen molar-refractivity contribution >= 4 is 27.3 Å². The molecule has 0 bridgehead atoms. The van der Waals surface area contributed by atoms with Crippen LogP contribution in [0.1, 0.15) is 57.4 Å². The topological polar surface area (TPSA) is 21.3 Å². The summed E-state index contributed by atoms with van der Waals surface area (Å²) in [7, 11) is 0. The number of nitrogens with one attached hydrogen (secondary N) is 1. The maximum Gasteiger partial charge on any atom is 0.0701 e. The number of thiophene rings is 1. The van der Waals surface area contributed by atoms with Crippen molar-refractivity contribution in [2.75, 3.05) is 6.61 Å². The van der Waals surface area contributed by atoms with E-state index < -0.39 is 0 Å². The molecule has 2 rings (SSSR count). The first-order valence-electron chi connectivity index (χ1n) is 7.24. The predicted octanol–water partition coefficient (Wildman–Crippen LogP) is 4.90. The lowest BCUT2D eigenvalue weighted by atomic mass is 9.85. The maximum absolute atomic E-state index is 6.04. The van der Waals surface area contributed by atoms with Crippen molar-refractivity contribution in [2.45, 2.75) is 64.1 Å². The van der Waals surface area contributed by atoms with E-state index >= 15 is 0 Å². The van der Waals surface area contributed by atoms with Crippen LogP contribution in [0.3, 0.4) is 0 Å². The van der Waals surface area contributed by atoms with Gasteiger partial charge in [-0.2, -0.15) is 0 Å². The lowest BCUT2D eigenvalue weighted by molar-refractivity contribution is -0.0939. The smallest absolute Gasteiger partial charge is 0.0701 e. The van der Waals surface area contributed by atoms with Crippen molar-refractivity contribution in [3.63, 3.8) is 0 Å². The van der Waals surface area contributed by atoms with Crippen molar-refractivity contribution in [3.05, 3.63) is 20.8 Å². The third-order valence-electron chi connectivity index (χ3n) is 4.29. The van der Waals surface area contributed by atoms with E-state index in [1.807, 2.05) is 11.3 Å². The van der Waals surface area contributed by atoms with Gasteiger partial charge in [0, 0.05) is 23.6 Å². The Labute approximate surface area is 129 Å². The van der Waals surface area contributed by atoms with Crippen LogP contribution in [0.4, 0.5) is 0 Å². The summed E-state index contributed by atoms with van der Waals surface area (Å²) in [5.74, 6) is 0. The second kappa shape index (κ2) is 6.70. The van der Waals surface area contributed by atoms with Gasteiger partial charge in [-0.3, -0.25) is 0 Å². The monoisotopic (exact) mass is 345 g/mol. The van der Waals surface area contributed by atoms with Crippen molar-refractivity contribution in [1.82, 2.24) is 5.32 Å². The Kier molecular flexibility index (Phi) is 5.46. The molecule has 2 unspecified atom stereocenters. The summed E-state index contributed by atoms with van der Waals surface area (Å²) in [5, 5.41) is 3.78. The number of rotatable bonds is 5. The molecule has 0 radical (unpaired) electrons. The van der Waals surface area contributed by atoms with E-state index in [2.05, 4.69) is 54.2 Å². The zero-order valence-electron chi connectivity index (χ0n) is 12.0. The van der Waals surface area contributed by atoms with Gasteiger partial charge < -0.3 is 10.1 Å². The molecule has 1 aliphatic rings. The van der Waals surface area contributed by atoms with E-state index in [4.69, 9.17) is 4.74 Å². The van der Waals surface area contributed by atoms with Gasteiger partial charge in [-0.25, -0.2) is 0 Å². The quantitative estimate of drug-likeness (QED) is 0.819. The Morgan fingerprint density at radius 2 is 2.21 bits per heavy atom. The van der Waals surface area contributed by atoms with Crippen LogP contribution < -0.4 is 5.32 Å². The summed E-state index contributed by atoms with van der Waals surface area (Å²) in [6.07, 6.45) is 4.48. The molecule has 2 heterocycles. The summed E-state index contributed by atoms with van der Waals surface area (Å²) >= 11 is 5.36. The first-order valence-corrected chi connectivity index (χ1v) is 8.84. The minimum absolute atomic E-state index is 0.103. The molecular formula is C15H24BrNOS. The molecule has 0 aliphatic carbocycles. The molecule has 1 aromatic rings. The average molecular weight is 346 g/mol. The van der Waals surface area contributed by atoms with Gasteiger partial charge in [-0.1, -0.05) is 13.8 Å². The highest BCUT2D eigenvalue weighted by Crippen LogP contribution is 2.33. The average Bonchev–Trinajstić information content (AvgIpc) is 2.85. The second-order valence-corrected chi connectivity index (χ2v) is 7.95. The largest absolute Gasteiger partial charge is 0.375 e. The maximum atomic E-state index is 6.04. The molecule has 0 amide bonds. The summed E-state index contributed by atoms with van der Waals surface area (Å²) < 4.78 is 7.25. The third kappa shape index (κ3) is 3.81. The van der Waals surface area contributed by atoms with Crippen molar-refractivity contribution in [2.24, 2.45) is 0 Å². The van der Waals surface area contributed by atoms with E-state index in [1.165, 1.54) is 8.66 Å². The van der Waals surface area contributed by atoms with Gasteiger partial charge in [0.1, 0.15) is 0 Å². The molecule has 108 valence electrons. The van der Waals surface area contributed by atoms with Crippen molar-refractivity contribution < 1.29 is 4.74 Å². The van der Waals surface area contributed by atoms with Crippen LogP contribution in [0.2, 0.25) is 0 Å². The highest BCUT2D eigenvalue weighted by molar-refractivity contribution is 9.11. The molecule has 2 nitrogen and oxygen atoms in total. The van der Waals surface area contributed by atoms with Gasteiger partial charge in [0.2, 0.25) is 0 Å². The van der Waals surface area contributed by atoms with Gasteiger partial charge in [0.25, 0.3) is 0 Å². The Morgan fingerprint density at radius 3 is 2.79 bits per heavy atom. The predicted molar refractivity (Wildman–Crippen MR) is 85.9 cm³/mol. The number of hydrogen-bond acceptors (Lipinski definition) is 3. The van der Waals surface area contributed by atoms with Crippen LogP contribution in [0.25, 0.3) is 0 Å². The van der Waals surface area contributed by atoms with Crippen LogP contribution >= 0.6 is 27.3 Å². The van der Waals surface area contributed by atoms with Gasteiger partial charge in [-0.15, -0.1) is 11.3 Å². The van der Waals surface area contributed by atoms with E-state index in [0.29, 0.717) is 12.1 Å². The third-order valence-corrected chi connectivity index (χ3v) is 6.09. The molecule has 1 aliphatic heterocycles. The normalized spacial score (nSPS) is 24.3. The molecule has 1 saturated heterocycles. The first kappa shape index (κ1) is 15.5. The minimum atomic E-state index is 0.103. The summed E-state index contributed by atoms with van der Waals surface area (Å²) in [6.45, 7) is 7.63.